The molecule has 0 amide bonds. The Bertz CT molecular complexity index is 1680. The molecule has 0 aromatic carbocycles. The van der Waals surface area contributed by atoms with Gasteiger partial charge in [-0.2, -0.15) is 0 Å². The summed E-state index contributed by atoms with van der Waals surface area (Å²) in [6, 6.07) is 0. The molecule has 0 aromatic rings. The lowest BCUT2D eigenvalue weighted by Gasteiger charge is -2.25. The van der Waals surface area contributed by atoms with Crippen LogP contribution in [0.3, 0.4) is 0 Å². The van der Waals surface area contributed by atoms with Crippen molar-refractivity contribution in [3.63, 3.8) is 0 Å². The monoisotopic (exact) mass is 1160 g/mol. The van der Waals surface area contributed by atoms with Gasteiger partial charge < -0.3 is 28.5 Å². The maximum Gasteiger partial charge on any atom is 0.361 e. The minimum Gasteiger partial charge on any atom is -0.477 e. The Labute approximate surface area is 512 Å². The summed E-state index contributed by atoms with van der Waals surface area (Å²) >= 11 is 0. The lowest BCUT2D eigenvalue weighted by atomic mass is 10.0. The van der Waals surface area contributed by atoms with Gasteiger partial charge in [0.05, 0.1) is 34.4 Å². The molecule has 1 N–H and O–H groups in total. The Balaban J connectivity index is 4.03. The molecular formula is C74H130NO8+. The third-order valence-corrected chi connectivity index (χ3v) is 14.8. The zero-order valence-electron chi connectivity index (χ0n) is 54.6. The second-order valence-electron chi connectivity index (χ2n) is 24.1. The van der Waals surface area contributed by atoms with E-state index >= 15 is 0 Å². The van der Waals surface area contributed by atoms with E-state index in [1.54, 1.807) is 0 Å². The van der Waals surface area contributed by atoms with E-state index in [9.17, 15) is 19.5 Å². The molecule has 0 rings (SSSR count). The molecule has 0 saturated carbocycles. The molecular weight excluding hydrogens is 1030 g/mol. The summed E-state index contributed by atoms with van der Waals surface area (Å²) in [5.74, 6) is -2.11. The van der Waals surface area contributed by atoms with E-state index in [0.29, 0.717) is 17.4 Å². The SMILES string of the molecule is CC/C=C\C/C=C\C/C=C\C/C=C\C/C=C\C/C=C\CCC(=O)OC(COC(=O)CCCCCCCCCCCCCCCCCCCCCCCCCCCCC/C=C\C/C=C\CCCCCCC)COC(OCC[N+](C)(C)C)C(=O)O. The van der Waals surface area contributed by atoms with Crippen LogP contribution in [-0.4, -0.2) is 87.4 Å². The molecule has 0 aliphatic rings. The molecule has 0 fully saturated rings. The number of carboxylic acid groups (broad SMARTS) is 1. The fourth-order valence-electron chi connectivity index (χ4n) is 9.60. The highest BCUT2D eigenvalue weighted by molar-refractivity contribution is 5.71. The summed E-state index contributed by atoms with van der Waals surface area (Å²) in [7, 11) is 5.95. The molecule has 0 radical (unpaired) electrons. The normalized spacial score (nSPS) is 13.3. The Hall–Kier alpha value is -3.79. The van der Waals surface area contributed by atoms with E-state index < -0.39 is 24.3 Å². The molecule has 2 unspecified atom stereocenters. The van der Waals surface area contributed by atoms with Gasteiger partial charge in [0.2, 0.25) is 0 Å². The van der Waals surface area contributed by atoms with E-state index in [-0.39, 0.29) is 38.6 Å². The predicted octanol–water partition coefficient (Wildman–Crippen LogP) is 21.2. The highest BCUT2D eigenvalue weighted by atomic mass is 16.7. The van der Waals surface area contributed by atoms with Gasteiger partial charge in [0, 0.05) is 12.8 Å². The zero-order valence-corrected chi connectivity index (χ0v) is 54.6. The van der Waals surface area contributed by atoms with Gasteiger partial charge in [0.15, 0.2) is 6.10 Å². The van der Waals surface area contributed by atoms with Gasteiger partial charge in [0.1, 0.15) is 13.2 Å². The fourth-order valence-corrected chi connectivity index (χ4v) is 9.60. The van der Waals surface area contributed by atoms with Crippen molar-refractivity contribution in [2.24, 2.45) is 0 Å². The van der Waals surface area contributed by atoms with Gasteiger partial charge in [-0.3, -0.25) is 9.59 Å². The lowest BCUT2D eigenvalue weighted by molar-refractivity contribution is -0.870. The number of allylic oxidation sites excluding steroid dienone is 16. The Morgan fingerprint density at radius 2 is 0.711 bits per heavy atom. The van der Waals surface area contributed by atoms with Crippen LogP contribution in [0.25, 0.3) is 0 Å². The molecule has 0 saturated heterocycles. The maximum atomic E-state index is 12.8. The van der Waals surface area contributed by atoms with Crippen LogP contribution in [0.1, 0.15) is 296 Å². The number of ether oxygens (including phenoxy) is 4. The largest absolute Gasteiger partial charge is 0.477 e. The molecule has 0 spiro atoms. The first-order chi connectivity index (χ1) is 40.6. The van der Waals surface area contributed by atoms with Crippen LogP contribution in [0.15, 0.2) is 97.2 Å². The molecule has 0 aliphatic heterocycles. The van der Waals surface area contributed by atoms with Gasteiger partial charge in [0.25, 0.3) is 6.29 Å². The second-order valence-corrected chi connectivity index (χ2v) is 24.1. The van der Waals surface area contributed by atoms with Gasteiger partial charge in [-0.1, -0.05) is 297 Å². The molecule has 9 nitrogen and oxygen atoms in total. The number of esters is 2. The number of unbranched alkanes of at least 4 members (excludes halogenated alkanes) is 32. The number of aliphatic carboxylic acids is 1. The number of likely N-dealkylation sites (N-methyl/N-ethyl adjacent to an activating group) is 1. The molecule has 0 aromatic heterocycles. The number of rotatable bonds is 63. The fraction of sp³-hybridized carbons (Fsp3) is 0.743. The Kier molecular flexibility index (Phi) is 61.3. The third kappa shape index (κ3) is 65.6. The van der Waals surface area contributed by atoms with Gasteiger partial charge in [-0.05, 0) is 83.5 Å². The number of carbonyl (C=O) groups is 3. The summed E-state index contributed by atoms with van der Waals surface area (Å²) in [6.07, 6.45) is 85.7. The quantitative estimate of drug-likeness (QED) is 0.0211. The summed E-state index contributed by atoms with van der Waals surface area (Å²) in [5, 5.41) is 9.72. The van der Waals surface area contributed by atoms with Gasteiger partial charge >= 0.3 is 17.9 Å². The van der Waals surface area contributed by atoms with Crippen LogP contribution in [0.2, 0.25) is 0 Å². The summed E-state index contributed by atoms with van der Waals surface area (Å²) in [6.45, 7) is 4.68. The van der Waals surface area contributed by atoms with Crippen LogP contribution in [0.4, 0.5) is 0 Å². The molecule has 478 valence electrons. The number of nitrogens with zero attached hydrogens (tertiary/aromatic N) is 1. The van der Waals surface area contributed by atoms with E-state index in [0.717, 1.165) is 64.2 Å². The first kappa shape index (κ1) is 79.2. The number of quaternary nitrogens is 1. The average Bonchev–Trinajstić information content (AvgIpc) is 3.46. The van der Waals surface area contributed by atoms with Crippen molar-refractivity contribution in [2.75, 3.05) is 47.5 Å². The number of carboxylic acids is 1. The predicted molar refractivity (Wildman–Crippen MR) is 355 cm³/mol. The van der Waals surface area contributed by atoms with Crippen molar-refractivity contribution in [1.29, 1.82) is 0 Å². The van der Waals surface area contributed by atoms with Crippen molar-refractivity contribution in [3.05, 3.63) is 97.2 Å². The third-order valence-electron chi connectivity index (χ3n) is 14.8. The minimum atomic E-state index is -1.53. The standard InChI is InChI=1S/C74H129NO8/c1-6-8-10-12-14-16-18-20-22-24-26-27-28-29-30-31-32-33-34-35-36-37-38-39-40-41-42-43-44-45-47-48-50-52-54-56-58-60-62-64-71(76)81-68-70(69-82-74(73(78)79)80-67-66-75(3,4)5)83-72(77)65-63-61-59-57-55-53-51-49-46-25-23-21-19-17-15-13-11-9-7-2/h9,11,15,17-18,20-21,23-24,26,46,49,53,55,59,61,70,74H,6-8,10,12-14,16,19,22,25,27-45,47-48,50-52,54,56-58,60,62-69H2,1-5H3/p+1/b11-9-,17-15-,20-18-,23-21-,26-24-,49-46-,55-53-,61-59-. The van der Waals surface area contributed by atoms with Crippen molar-refractivity contribution >= 4 is 17.9 Å². The van der Waals surface area contributed by atoms with Crippen molar-refractivity contribution in [3.8, 4) is 0 Å². The van der Waals surface area contributed by atoms with Crippen LogP contribution in [0.5, 0.6) is 0 Å². The number of hydrogen-bond donors (Lipinski definition) is 1. The highest BCUT2D eigenvalue weighted by Gasteiger charge is 2.25. The van der Waals surface area contributed by atoms with Crippen LogP contribution in [-0.2, 0) is 33.3 Å². The minimum absolute atomic E-state index is 0.132. The van der Waals surface area contributed by atoms with Gasteiger partial charge in [-0.15, -0.1) is 0 Å². The highest BCUT2D eigenvalue weighted by Crippen LogP contribution is 2.18. The first-order valence-corrected chi connectivity index (χ1v) is 34.4. The van der Waals surface area contributed by atoms with E-state index in [4.69, 9.17) is 18.9 Å². The number of hydrogen-bond acceptors (Lipinski definition) is 7. The number of carbonyl (C=O) groups excluding carboxylic acids is 2. The van der Waals surface area contributed by atoms with E-state index in [2.05, 4.69) is 98.9 Å². The van der Waals surface area contributed by atoms with Crippen molar-refractivity contribution in [2.45, 2.75) is 309 Å². The van der Waals surface area contributed by atoms with Crippen LogP contribution >= 0.6 is 0 Å². The maximum absolute atomic E-state index is 12.8. The molecule has 0 aliphatic carbocycles. The molecule has 9 heteroatoms. The molecule has 2 atom stereocenters. The summed E-state index contributed by atoms with van der Waals surface area (Å²) in [5.41, 5.74) is 0. The smallest absolute Gasteiger partial charge is 0.361 e. The lowest BCUT2D eigenvalue weighted by Crippen LogP contribution is -2.40. The van der Waals surface area contributed by atoms with E-state index in [1.807, 2.05) is 33.3 Å². The van der Waals surface area contributed by atoms with Crippen molar-refractivity contribution < 1.29 is 42.9 Å². The van der Waals surface area contributed by atoms with Crippen LogP contribution < -0.4 is 0 Å². The Morgan fingerprint density at radius 3 is 1.07 bits per heavy atom. The van der Waals surface area contributed by atoms with E-state index in [1.165, 1.54) is 199 Å². The molecule has 0 bridgehead atoms. The molecule has 0 heterocycles. The summed E-state index contributed by atoms with van der Waals surface area (Å²) in [4.78, 5) is 37.5. The topological polar surface area (TPSA) is 108 Å². The average molecular weight is 1160 g/mol. The second kappa shape index (κ2) is 64.2. The first-order valence-electron chi connectivity index (χ1n) is 34.4. The van der Waals surface area contributed by atoms with Crippen molar-refractivity contribution in [1.82, 2.24) is 0 Å². The van der Waals surface area contributed by atoms with Gasteiger partial charge in [-0.25, -0.2) is 4.79 Å². The van der Waals surface area contributed by atoms with Crippen LogP contribution in [0, 0.1) is 0 Å². The zero-order chi connectivity index (χ0) is 60.5. The summed E-state index contributed by atoms with van der Waals surface area (Å²) < 4.78 is 22.8. The molecule has 83 heavy (non-hydrogen) atoms. The Morgan fingerprint density at radius 1 is 0.373 bits per heavy atom.